The highest BCUT2D eigenvalue weighted by molar-refractivity contribution is 5.69. The van der Waals surface area contributed by atoms with E-state index in [0.717, 1.165) is 12.8 Å². The van der Waals surface area contributed by atoms with Crippen LogP contribution in [-0.4, -0.2) is 17.1 Å². The summed E-state index contributed by atoms with van der Waals surface area (Å²) in [5.41, 5.74) is 8.50. The highest BCUT2D eigenvalue weighted by atomic mass is 16.4. The lowest BCUT2D eigenvalue weighted by molar-refractivity contribution is -0.137. The van der Waals surface area contributed by atoms with Gasteiger partial charge in [-0.15, -0.1) is 0 Å². The molecule has 0 saturated carbocycles. The number of rotatable bonds is 15. The second-order valence-corrected chi connectivity index (χ2v) is 6.13. The van der Waals surface area contributed by atoms with Crippen molar-refractivity contribution in [1.29, 1.82) is 0 Å². The van der Waals surface area contributed by atoms with Gasteiger partial charge in [0.1, 0.15) is 0 Å². The third-order valence-electron chi connectivity index (χ3n) is 3.65. The molecule has 0 aliphatic heterocycles. The van der Waals surface area contributed by atoms with Crippen molar-refractivity contribution in [2.24, 2.45) is 11.5 Å². The molecule has 5 nitrogen and oxygen atoms in total. The van der Waals surface area contributed by atoms with Gasteiger partial charge >= 0.3 is 12.0 Å². The van der Waals surface area contributed by atoms with Crippen LogP contribution in [0.2, 0.25) is 0 Å². The van der Waals surface area contributed by atoms with Crippen LogP contribution < -0.4 is 11.5 Å². The van der Waals surface area contributed by atoms with Crippen LogP contribution >= 0.6 is 0 Å². The van der Waals surface area contributed by atoms with Crippen LogP contribution in [0.1, 0.15) is 96.8 Å². The topological polar surface area (TPSA) is 106 Å². The lowest BCUT2D eigenvalue weighted by Gasteiger charge is -1.99. The summed E-state index contributed by atoms with van der Waals surface area (Å²) in [5.74, 6) is -0.664. The molecule has 0 atom stereocenters. The number of urea groups is 1. The molecule has 0 aromatic heterocycles. The summed E-state index contributed by atoms with van der Waals surface area (Å²) < 4.78 is 0. The summed E-state index contributed by atoms with van der Waals surface area (Å²) in [4.78, 5) is 19.3. The molecule has 0 aromatic rings. The van der Waals surface area contributed by atoms with Gasteiger partial charge in [-0.25, -0.2) is 4.79 Å². The van der Waals surface area contributed by atoms with E-state index < -0.39 is 12.0 Å². The van der Waals surface area contributed by atoms with Gasteiger partial charge in [-0.2, -0.15) is 0 Å². The first-order chi connectivity index (χ1) is 11.5. The van der Waals surface area contributed by atoms with Crippen molar-refractivity contribution >= 4 is 12.0 Å². The van der Waals surface area contributed by atoms with Crippen molar-refractivity contribution in [1.82, 2.24) is 0 Å². The Morgan fingerprint density at radius 2 is 1.12 bits per heavy atom. The summed E-state index contributed by atoms with van der Waals surface area (Å²) in [6.07, 6.45) is 21.2. The third kappa shape index (κ3) is 32.4. The molecule has 2 amide bonds. The summed E-state index contributed by atoms with van der Waals surface area (Å²) >= 11 is 0. The average molecular weight is 343 g/mol. The van der Waals surface area contributed by atoms with Gasteiger partial charge in [-0.05, 0) is 32.1 Å². The Labute approximate surface area is 147 Å². The zero-order valence-corrected chi connectivity index (χ0v) is 15.5. The van der Waals surface area contributed by atoms with Gasteiger partial charge < -0.3 is 16.6 Å². The van der Waals surface area contributed by atoms with Gasteiger partial charge in [0.2, 0.25) is 0 Å². The van der Waals surface area contributed by atoms with Gasteiger partial charge in [0.25, 0.3) is 0 Å². The molecule has 0 spiro atoms. The number of hydrogen-bond donors (Lipinski definition) is 3. The van der Waals surface area contributed by atoms with E-state index >= 15 is 0 Å². The molecule has 0 saturated heterocycles. The summed E-state index contributed by atoms with van der Waals surface area (Å²) in [7, 11) is 0. The Balaban J connectivity index is 0. The van der Waals surface area contributed by atoms with Crippen molar-refractivity contribution in [2.45, 2.75) is 96.8 Å². The smallest absolute Gasteiger partial charge is 0.309 e. The second kappa shape index (κ2) is 21.5. The van der Waals surface area contributed by atoms with E-state index in [-0.39, 0.29) is 0 Å². The molecule has 5 N–H and O–H groups in total. The minimum absolute atomic E-state index is 0.332. The Hall–Kier alpha value is -1.52. The molecule has 5 heteroatoms. The van der Waals surface area contributed by atoms with Crippen LogP contribution in [0, 0.1) is 0 Å². The third-order valence-corrected chi connectivity index (χ3v) is 3.65. The largest absolute Gasteiger partial charge is 0.481 e. The highest BCUT2D eigenvalue weighted by Crippen LogP contribution is 2.09. The number of carbonyl (C=O) groups is 2. The molecule has 0 aliphatic rings. The van der Waals surface area contributed by atoms with Crippen LogP contribution in [0.3, 0.4) is 0 Å². The molecular formula is C19H38N2O3. The Bertz CT molecular complexity index is 314. The number of unbranched alkanes of at least 4 members (excludes halogenated alkanes) is 11. The average Bonchev–Trinajstić information content (AvgIpc) is 2.50. The molecule has 142 valence electrons. The number of hydrogen-bond acceptors (Lipinski definition) is 2. The normalized spacial score (nSPS) is 10.4. The predicted molar refractivity (Wildman–Crippen MR) is 101 cm³/mol. The molecule has 24 heavy (non-hydrogen) atoms. The van der Waals surface area contributed by atoms with Crippen LogP contribution in [0.5, 0.6) is 0 Å². The van der Waals surface area contributed by atoms with Gasteiger partial charge in [0, 0.05) is 6.42 Å². The maximum Gasteiger partial charge on any atom is 0.309 e. The summed E-state index contributed by atoms with van der Waals surface area (Å²) in [6, 6.07) is -0.833. The molecule has 0 heterocycles. The lowest BCUT2D eigenvalue weighted by Crippen LogP contribution is -2.18. The van der Waals surface area contributed by atoms with Crippen molar-refractivity contribution < 1.29 is 14.7 Å². The molecule has 0 rings (SSSR count). The fourth-order valence-corrected chi connectivity index (χ4v) is 2.35. The Morgan fingerprint density at radius 1 is 0.750 bits per heavy atom. The first kappa shape index (κ1) is 24.7. The molecule has 0 bridgehead atoms. The predicted octanol–water partition coefficient (Wildman–Crippen LogP) is 5.13. The molecule has 0 unspecified atom stereocenters. The van der Waals surface area contributed by atoms with E-state index in [1.807, 2.05) is 0 Å². The Kier molecular flexibility index (Phi) is 22.1. The maximum absolute atomic E-state index is 10.3. The number of carbonyl (C=O) groups excluding carboxylic acids is 1. The van der Waals surface area contributed by atoms with Crippen LogP contribution in [0.4, 0.5) is 4.79 Å². The maximum atomic E-state index is 10.3. The van der Waals surface area contributed by atoms with Crippen LogP contribution in [-0.2, 0) is 4.79 Å². The quantitative estimate of drug-likeness (QED) is 0.283. The zero-order valence-electron chi connectivity index (χ0n) is 15.5. The number of aliphatic carboxylic acids is 1. The van der Waals surface area contributed by atoms with E-state index in [4.69, 9.17) is 9.90 Å². The van der Waals surface area contributed by atoms with E-state index in [9.17, 15) is 4.79 Å². The molecular weight excluding hydrogens is 304 g/mol. The summed E-state index contributed by atoms with van der Waals surface area (Å²) in [6.45, 7) is 2.26. The van der Waals surface area contributed by atoms with E-state index in [1.165, 1.54) is 70.6 Å². The van der Waals surface area contributed by atoms with Crippen molar-refractivity contribution in [2.75, 3.05) is 0 Å². The highest BCUT2D eigenvalue weighted by Gasteiger charge is 1.95. The van der Waals surface area contributed by atoms with Gasteiger partial charge in [-0.3, -0.25) is 4.79 Å². The van der Waals surface area contributed by atoms with E-state index in [2.05, 4.69) is 30.5 Å². The fraction of sp³-hybridized carbons (Fsp3) is 0.789. The number of nitrogens with two attached hydrogens (primary N) is 2. The van der Waals surface area contributed by atoms with E-state index in [0.29, 0.717) is 6.42 Å². The number of amides is 2. The molecule has 0 aromatic carbocycles. The number of primary amides is 2. The number of carboxylic acids is 1. The minimum Gasteiger partial charge on any atom is -0.481 e. The van der Waals surface area contributed by atoms with Gasteiger partial charge in [0.05, 0.1) is 0 Å². The number of allylic oxidation sites excluding steroid dienone is 2. The minimum atomic E-state index is -0.833. The molecule has 0 aliphatic carbocycles. The molecule has 0 fully saturated rings. The first-order valence-electron chi connectivity index (χ1n) is 9.42. The second-order valence-electron chi connectivity index (χ2n) is 6.13. The fourth-order valence-electron chi connectivity index (χ4n) is 2.35. The molecule has 0 radical (unpaired) electrons. The van der Waals surface area contributed by atoms with E-state index in [1.54, 1.807) is 0 Å². The number of carboxylic acid groups (broad SMARTS) is 1. The van der Waals surface area contributed by atoms with Gasteiger partial charge in [0.15, 0.2) is 0 Å². The monoisotopic (exact) mass is 342 g/mol. The summed E-state index contributed by atoms with van der Waals surface area (Å²) in [5, 5.41) is 8.51. The standard InChI is InChI=1S/C18H34O2.CH4N2O/c1-2-3-4-5-6-7-8-9-10-11-12-13-14-15-16-17-18(19)20;2-1(3)4/h9-10H,2-8,11-17H2,1H3,(H,19,20);(H4,2,3,4)/b10-9-;. The van der Waals surface area contributed by atoms with Gasteiger partial charge in [-0.1, -0.05) is 70.4 Å². The van der Waals surface area contributed by atoms with Crippen molar-refractivity contribution in [3.63, 3.8) is 0 Å². The Morgan fingerprint density at radius 3 is 1.54 bits per heavy atom. The van der Waals surface area contributed by atoms with Crippen LogP contribution in [0.25, 0.3) is 0 Å². The zero-order chi connectivity index (χ0) is 18.5. The first-order valence-corrected chi connectivity index (χ1v) is 9.42. The van der Waals surface area contributed by atoms with Crippen molar-refractivity contribution in [3.05, 3.63) is 12.2 Å². The van der Waals surface area contributed by atoms with Crippen LogP contribution in [0.15, 0.2) is 12.2 Å². The SMILES string of the molecule is CCCCCCCC/C=C\CCCCCCCC(=O)O.NC(N)=O. The van der Waals surface area contributed by atoms with Crippen molar-refractivity contribution in [3.8, 4) is 0 Å². The lowest BCUT2D eigenvalue weighted by atomic mass is 10.1.